The summed E-state index contributed by atoms with van der Waals surface area (Å²) in [6.07, 6.45) is 71.6. The van der Waals surface area contributed by atoms with E-state index < -0.39 is 12.1 Å². The van der Waals surface area contributed by atoms with Gasteiger partial charge in [-0.05, 0) is 64.2 Å². The van der Waals surface area contributed by atoms with E-state index in [1.165, 1.54) is 231 Å². The third-order valence-electron chi connectivity index (χ3n) is 13.9. The van der Waals surface area contributed by atoms with E-state index in [1.807, 2.05) is 6.08 Å². The van der Waals surface area contributed by atoms with E-state index in [9.17, 15) is 19.8 Å². The Morgan fingerprint density at radius 2 is 0.735 bits per heavy atom. The van der Waals surface area contributed by atoms with Crippen LogP contribution in [0.15, 0.2) is 36.5 Å². The zero-order chi connectivity index (χ0) is 49.3. The molecular weight excluding hydrogens is 839 g/mol. The van der Waals surface area contributed by atoms with Crippen molar-refractivity contribution in [2.75, 3.05) is 13.2 Å². The first-order valence-electron chi connectivity index (χ1n) is 30.3. The maximum absolute atomic E-state index is 12.5. The number of nitrogens with one attached hydrogen (secondary N) is 1. The number of unbranched alkanes of at least 4 members (excludes halogenated alkanes) is 41. The molecule has 0 fully saturated rings. The lowest BCUT2D eigenvalue weighted by molar-refractivity contribution is -0.143. The van der Waals surface area contributed by atoms with Crippen LogP contribution in [0.5, 0.6) is 0 Å². The molecule has 0 heterocycles. The van der Waals surface area contributed by atoms with Crippen LogP contribution in [0.2, 0.25) is 0 Å². The molecule has 6 nitrogen and oxygen atoms in total. The van der Waals surface area contributed by atoms with Gasteiger partial charge in [-0.2, -0.15) is 0 Å². The van der Waals surface area contributed by atoms with Crippen LogP contribution in [0, 0.1) is 0 Å². The fourth-order valence-corrected chi connectivity index (χ4v) is 9.25. The van der Waals surface area contributed by atoms with Gasteiger partial charge in [0, 0.05) is 12.8 Å². The molecule has 68 heavy (non-hydrogen) atoms. The molecule has 2 unspecified atom stereocenters. The molecule has 0 spiro atoms. The molecule has 0 radical (unpaired) electrons. The van der Waals surface area contributed by atoms with Gasteiger partial charge in [0.25, 0.3) is 0 Å². The average Bonchev–Trinajstić information content (AvgIpc) is 3.34. The molecule has 1 amide bonds. The Hall–Kier alpha value is -1.92. The van der Waals surface area contributed by atoms with Gasteiger partial charge in [0.15, 0.2) is 0 Å². The van der Waals surface area contributed by atoms with E-state index in [4.69, 9.17) is 4.74 Å². The zero-order valence-electron chi connectivity index (χ0n) is 45.6. The first-order valence-corrected chi connectivity index (χ1v) is 30.3. The first-order chi connectivity index (χ1) is 33.5. The number of rotatable bonds is 56. The van der Waals surface area contributed by atoms with E-state index in [-0.39, 0.29) is 18.5 Å². The molecule has 0 saturated heterocycles. The van der Waals surface area contributed by atoms with E-state index >= 15 is 0 Å². The van der Waals surface area contributed by atoms with Gasteiger partial charge < -0.3 is 20.3 Å². The number of carbonyl (C=O) groups is 2. The highest BCUT2D eigenvalue weighted by Gasteiger charge is 2.18. The second-order valence-corrected chi connectivity index (χ2v) is 20.7. The lowest BCUT2D eigenvalue weighted by Gasteiger charge is -2.20. The van der Waals surface area contributed by atoms with E-state index in [0.717, 1.165) is 64.2 Å². The first kappa shape index (κ1) is 66.1. The Morgan fingerprint density at radius 3 is 1.13 bits per heavy atom. The summed E-state index contributed by atoms with van der Waals surface area (Å²) in [5.41, 5.74) is 0. The minimum Gasteiger partial charge on any atom is -0.466 e. The number of hydrogen-bond acceptors (Lipinski definition) is 5. The second-order valence-electron chi connectivity index (χ2n) is 20.7. The molecular formula is C62H117NO5. The van der Waals surface area contributed by atoms with Crippen molar-refractivity contribution in [3.8, 4) is 0 Å². The molecule has 0 aromatic heterocycles. The van der Waals surface area contributed by atoms with Gasteiger partial charge in [0.1, 0.15) is 0 Å². The van der Waals surface area contributed by atoms with Crippen LogP contribution < -0.4 is 5.32 Å². The van der Waals surface area contributed by atoms with Gasteiger partial charge in [0.05, 0.1) is 25.4 Å². The van der Waals surface area contributed by atoms with Gasteiger partial charge in [-0.3, -0.25) is 9.59 Å². The molecule has 2 atom stereocenters. The summed E-state index contributed by atoms with van der Waals surface area (Å²) in [7, 11) is 0. The number of esters is 1. The van der Waals surface area contributed by atoms with Crippen molar-refractivity contribution >= 4 is 11.9 Å². The van der Waals surface area contributed by atoms with Crippen LogP contribution in [0.1, 0.15) is 322 Å². The highest BCUT2D eigenvalue weighted by atomic mass is 16.5. The molecule has 0 aromatic carbocycles. The van der Waals surface area contributed by atoms with Gasteiger partial charge >= 0.3 is 5.97 Å². The number of aliphatic hydroxyl groups is 2. The van der Waals surface area contributed by atoms with Gasteiger partial charge in [-0.1, -0.05) is 281 Å². The van der Waals surface area contributed by atoms with Crippen molar-refractivity contribution < 1.29 is 24.5 Å². The molecule has 400 valence electrons. The summed E-state index contributed by atoms with van der Waals surface area (Å²) < 4.78 is 5.47. The van der Waals surface area contributed by atoms with Crippen molar-refractivity contribution in [2.24, 2.45) is 0 Å². The molecule has 0 aliphatic heterocycles. The Morgan fingerprint density at radius 1 is 0.412 bits per heavy atom. The number of allylic oxidation sites excluding steroid dienone is 5. The normalized spacial score (nSPS) is 12.8. The third kappa shape index (κ3) is 53.4. The summed E-state index contributed by atoms with van der Waals surface area (Å²) in [6.45, 7) is 4.87. The van der Waals surface area contributed by atoms with E-state index in [1.54, 1.807) is 6.08 Å². The van der Waals surface area contributed by atoms with Crippen LogP contribution in [0.25, 0.3) is 0 Å². The minimum atomic E-state index is -0.853. The molecule has 0 aliphatic rings. The predicted molar refractivity (Wildman–Crippen MR) is 296 cm³/mol. The van der Waals surface area contributed by atoms with Gasteiger partial charge in [-0.25, -0.2) is 0 Å². The van der Waals surface area contributed by atoms with Crippen LogP contribution in [-0.4, -0.2) is 47.4 Å². The summed E-state index contributed by atoms with van der Waals surface area (Å²) >= 11 is 0. The fraction of sp³-hybridized carbons (Fsp3) is 0.871. The lowest BCUT2D eigenvalue weighted by atomic mass is 10.0. The highest BCUT2D eigenvalue weighted by molar-refractivity contribution is 5.76. The van der Waals surface area contributed by atoms with Crippen LogP contribution in [0.4, 0.5) is 0 Å². The third-order valence-corrected chi connectivity index (χ3v) is 13.9. The largest absolute Gasteiger partial charge is 0.466 e. The molecule has 0 aliphatic carbocycles. The van der Waals surface area contributed by atoms with E-state index in [2.05, 4.69) is 43.5 Å². The quantitative estimate of drug-likeness (QED) is 0.0321. The van der Waals surface area contributed by atoms with Crippen molar-refractivity contribution in [3.63, 3.8) is 0 Å². The zero-order valence-corrected chi connectivity index (χ0v) is 45.6. The van der Waals surface area contributed by atoms with Crippen molar-refractivity contribution in [1.29, 1.82) is 0 Å². The summed E-state index contributed by atoms with van der Waals surface area (Å²) in [6, 6.07) is -0.638. The summed E-state index contributed by atoms with van der Waals surface area (Å²) in [4.78, 5) is 24.6. The standard InChI is InChI=1S/C62H117NO5/c1-3-5-7-9-11-13-15-17-19-21-22-23-24-25-26-30-34-38-42-46-50-54-60(65)59(58-64)63-61(66)55-51-47-43-39-35-31-28-29-33-37-41-45-49-53-57-68-62(67)56-52-48-44-40-36-32-27-20-18-16-14-12-10-8-6-4-2/h14,16,20,27,50,54,59-60,64-65H,3-13,15,17-19,21-26,28-49,51-53,55-58H2,1-2H3,(H,63,66)/b16-14-,27-20-,54-50+. The molecule has 0 saturated carbocycles. The van der Waals surface area contributed by atoms with Crippen molar-refractivity contribution in [3.05, 3.63) is 36.5 Å². The molecule has 0 rings (SSSR count). The maximum atomic E-state index is 12.5. The number of hydrogen-bond donors (Lipinski definition) is 3. The molecule has 0 aromatic rings. The Labute approximate surface area is 424 Å². The monoisotopic (exact) mass is 956 g/mol. The Balaban J connectivity index is 3.48. The Kier molecular flexibility index (Phi) is 56.0. The fourth-order valence-electron chi connectivity index (χ4n) is 9.25. The highest BCUT2D eigenvalue weighted by Crippen LogP contribution is 2.17. The van der Waals surface area contributed by atoms with Gasteiger partial charge in [-0.15, -0.1) is 0 Å². The topological polar surface area (TPSA) is 95.9 Å². The number of amides is 1. The molecule has 0 bridgehead atoms. The molecule has 6 heteroatoms. The van der Waals surface area contributed by atoms with Crippen molar-refractivity contribution in [1.82, 2.24) is 5.32 Å². The van der Waals surface area contributed by atoms with Crippen LogP contribution in [-0.2, 0) is 14.3 Å². The second kappa shape index (κ2) is 57.7. The Bertz CT molecular complexity index is 1100. The van der Waals surface area contributed by atoms with E-state index in [0.29, 0.717) is 19.4 Å². The van der Waals surface area contributed by atoms with Gasteiger partial charge in [0.2, 0.25) is 5.91 Å². The number of carbonyl (C=O) groups excluding carboxylic acids is 2. The summed E-state index contributed by atoms with van der Waals surface area (Å²) in [5, 5.41) is 23.2. The van der Waals surface area contributed by atoms with Crippen LogP contribution in [0.3, 0.4) is 0 Å². The lowest BCUT2D eigenvalue weighted by Crippen LogP contribution is -2.45. The smallest absolute Gasteiger partial charge is 0.305 e. The predicted octanol–water partition coefficient (Wildman–Crippen LogP) is 18.8. The SMILES string of the molecule is CCCCCC/C=C\C/C=C\CCCCCCCC(=O)OCCCCCCCCCCCCCCCCC(=O)NC(CO)C(O)/C=C/CCCCCCCCCCCCCCCCCCCCC. The summed E-state index contributed by atoms with van der Waals surface area (Å²) in [5.74, 6) is -0.0934. The van der Waals surface area contributed by atoms with Crippen molar-refractivity contribution in [2.45, 2.75) is 334 Å². The molecule has 3 N–H and O–H groups in total. The number of aliphatic hydroxyl groups excluding tert-OH is 2. The van der Waals surface area contributed by atoms with Crippen LogP contribution >= 0.6 is 0 Å². The maximum Gasteiger partial charge on any atom is 0.305 e. The minimum absolute atomic E-state index is 0.0166. The average molecular weight is 957 g/mol. The number of ether oxygens (including phenoxy) is 1.